The molecule has 14 heteroatoms. The molecule has 1 aliphatic rings. The van der Waals surface area contributed by atoms with Crippen LogP contribution < -0.4 is 25.8 Å². The smallest absolute Gasteiger partial charge is 0.255 e. The molecule has 238 valence electrons. The maximum atomic E-state index is 13.6. The maximum Gasteiger partial charge on any atom is 0.255 e. The van der Waals surface area contributed by atoms with Crippen molar-refractivity contribution in [1.82, 2.24) is 30.5 Å². The molecule has 0 radical (unpaired) electrons. The molecule has 0 saturated carbocycles. The molecular weight excluding hydrogens is 590 g/mol. The minimum atomic E-state index is -1.12. The number of halogens is 1. The Labute approximate surface area is 262 Å². The van der Waals surface area contributed by atoms with Crippen LogP contribution in [0.5, 0.6) is 11.5 Å². The maximum absolute atomic E-state index is 13.6. The molecule has 3 amide bonds. The van der Waals surface area contributed by atoms with Crippen LogP contribution in [0.2, 0.25) is 0 Å². The van der Waals surface area contributed by atoms with Gasteiger partial charge in [-0.15, -0.1) is 17.5 Å². The van der Waals surface area contributed by atoms with Crippen molar-refractivity contribution in [1.29, 1.82) is 0 Å². The summed E-state index contributed by atoms with van der Waals surface area (Å²) in [6, 6.07) is 12.3. The van der Waals surface area contributed by atoms with E-state index in [-0.39, 0.29) is 56.4 Å². The number of aliphatic hydroxyl groups excluding tert-OH is 1. The number of carbonyl (C=O) groups excluding carboxylic acids is 3. The van der Waals surface area contributed by atoms with Crippen molar-refractivity contribution in [3.63, 3.8) is 0 Å². The van der Waals surface area contributed by atoms with Crippen LogP contribution in [0, 0.1) is 0 Å². The average molecular weight is 630 g/mol. The van der Waals surface area contributed by atoms with Gasteiger partial charge in [-0.3, -0.25) is 19.1 Å². The van der Waals surface area contributed by atoms with Crippen molar-refractivity contribution in [2.24, 2.45) is 5.73 Å². The van der Waals surface area contributed by atoms with Gasteiger partial charge in [0.1, 0.15) is 12.1 Å². The second kappa shape index (κ2) is 16.6. The summed E-state index contributed by atoms with van der Waals surface area (Å²) in [6.07, 6.45) is 1.95. The lowest BCUT2D eigenvalue weighted by Crippen LogP contribution is -2.53. The molecule has 1 aliphatic heterocycles. The van der Waals surface area contributed by atoms with Crippen LogP contribution in [0.25, 0.3) is 0 Å². The van der Waals surface area contributed by atoms with Crippen molar-refractivity contribution >= 4 is 30.1 Å². The number of ether oxygens (including phenoxy) is 2. The molecular formula is C30H40ClN7O6. The van der Waals surface area contributed by atoms with Gasteiger partial charge in [-0.25, -0.2) is 0 Å². The number of nitrogens with two attached hydrogens (primary N) is 1. The number of hydrogen-bond acceptors (Lipinski definition) is 9. The molecule has 0 unspecified atom stereocenters. The molecule has 4 rings (SSSR count). The Morgan fingerprint density at radius 1 is 1.16 bits per heavy atom. The number of benzene rings is 2. The van der Waals surface area contributed by atoms with Gasteiger partial charge in [-0.2, -0.15) is 0 Å². The van der Waals surface area contributed by atoms with Gasteiger partial charge in [0.05, 0.1) is 31.1 Å². The lowest BCUT2D eigenvalue weighted by atomic mass is 10.0. The molecule has 0 aliphatic carbocycles. The lowest BCUT2D eigenvalue weighted by Gasteiger charge is -2.27. The number of aliphatic hydroxyl groups is 1. The van der Waals surface area contributed by atoms with Crippen molar-refractivity contribution in [2.75, 3.05) is 33.4 Å². The van der Waals surface area contributed by atoms with E-state index < -0.39 is 35.9 Å². The van der Waals surface area contributed by atoms with E-state index in [1.54, 1.807) is 29.1 Å². The highest BCUT2D eigenvalue weighted by atomic mass is 35.5. The van der Waals surface area contributed by atoms with Crippen LogP contribution in [-0.4, -0.2) is 94.3 Å². The number of aryl methyl sites for hydroxylation is 1. The molecule has 2 heterocycles. The lowest BCUT2D eigenvalue weighted by molar-refractivity contribution is -0.135. The SMILES string of the molecule is COc1cccc2c1OCCCn1cc(nn1)CCN(C(=O)[C@@H](N)[C@@H](C)O)CCNC(=O)[C@H](Cc1ccccc1)NC2=O.Cl. The zero-order chi connectivity index (χ0) is 30.8. The molecule has 0 spiro atoms. The zero-order valence-corrected chi connectivity index (χ0v) is 25.7. The van der Waals surface area contributed by atoms with Crippen molar-refractivity contribution in [3.8, 4) is 11.5 Å². The quantitative estimate of drug-likeness (QED) is 0.317. The highest BCUT2D eigenvalue weighted by Gasteiger charge is 2.27. The Balaban J connectivity index is 0.00000529. The van der Waals surface area contributed by atoms with E-state index in [2.05, 4.69) is 20.9 Å². The van der Waals surface area contributed by atoms with E-state index in [9.17, 15) is 19.5 Å². The molecule has 44 heavy (non-hydrogen) atoms. The summed E-state index contributed by atoms with van der Waals surface area (Å²) < 4.78 is 13.2. The van der Waals surface area contributed by atoms with Gasteiger partial charge in [0.2, 0.25) is 11.8 Å². The molecule has 0 fully saturated rings. The number of carbonyl (C=O) groups is 3. The Bertz CT molecular complexity index is 1390. The summed E-state index contributed by atoms with van der Waals surface area (Å²) >= 11 is 0. The number of hydrogen-bond donors (Lipinski definition) is 4. The fourth-order valence-electron chi connectivity index (χ4n) is 4.70. The molecule has 3 atom stereocenters. The summed E-state index contributed by atoms with van der Waals surface area (Å²) in [6.45, 7) is 2.73. The summed E-state index contributed by atoms with van der Waals surface area (Å²) in [5, 5.41) is 24.0. The van der Waals surface area contributed by atoms with Crippen LogP contribution in [0.15, 0.2) is 54.7 Å². The standard InChI is InChI=1S/C30H39N7O6.ClH/c1-20(38)26(31)30(41)36-15-12-22-19-37(35-34-22)14-7-17-43-27-23(10-6-11-25(27)42-2)28(39)33-24(29(40)32-13-16-36)18-21-8-4-3-5-9-21;/h3-6,8-11,19-20,24,26,38H,7,12-18,31H2,1-2H3,(H,32,40)(H,33,39);1H/t20-,24+,26+;/m1./s1. The Morgan fingerprint density at radius 3 is 2.66 bits per heavy atom. The molecule has 2 aromatic carbocycles. The number of nitrogens with zero attached hydrogens (tertiary/aromatic N) is 4. The molecule has 2 bridgehead atoms. The number of nitrogens with one attached hydrogen (secondary N) is 2. The van der Waals surface area contributed by atoms with Crippen LogP contribution in [-0.2, 0) is 29.0 Å². The molecule has 0 saturated heterocycles. The van der Waals surface area contributed by atoms with Crippen LogP contribution in [0.3, 0.4) is 0 Å². The first-order valence-corrected chi connectivity index (χ1v) is 14.3. The average Bonchev–Trinajstić information content (AvgIpc) is 3.47. The van der Waals surface area contributed by atoms with Crippen molar-refractivity contribution in [2.45, 2.75) is 50.9 Å². The van der Waals surface area contributed by atoms with E-state index in [0.717, 1.165) is 5.56 Å². The zero-order valence-electron chi connectivity index (χ0n) is 24.8. The number of aromatic nitrogens is 3. The first kappa shape index (κ1) is 34.3. The van der Waals surface area contributed by atoms with Gasteiger partial charge < -0.3 is 35.8 Å². The van der Waals surface area contributed by atoms with Gasteiger partial charge in [0.25, 0.3) is 5.91 Å². The highest BCUT2D eigenvalue weighted by Crippen LogP contribution is 2.31. The van der Waals surface area contributed by atoms with E-state index in [1.165, 1.54) is 18.9 Å². The largest absolute Gasteiger partial charge is 0.493 e. The molecule has 13 nitrogen and oxygen atoms in total. The van der Waals surface area contributed by atoms with Crippen LogP contribution in [0.1, 0.15) is 35.0 Å². The van der Waals surface area contributed by atoms with E-state index >= 15 is 0 Å². The predicted octanol–water partition coefficient (Wildman–Crippen LogP) is 0.728. The third-order valence-corrected chi connectivity index (χ3v) is 7.15. The second-order valence-electron chi connectivity index (χ2n) is 10.4. The monoisotopic (exact) mass is 629 g/mol. The fourth-order valence-corrected chi connectivity index (χ4v) is 4.70. The van der Waals surface area contributed by atoms with Gasteiger partial charge in [0.15, 0.2) is 11.5 Å². The van der Waals surface area contributed by atoms with Crippen molar-refractivity contribution in [3.05, 3.63) is 71.5 Å². The molecule has 3 aromatic rings. The van der Waals surface area contributed by atoms with Gasteiger partial charge in [0, 0.05) is 51.6 Å². The summed E-state index contributed by atoms with van der Waals surface area (Å²) in [4.78, 5) is 41.6. The van der Waals surface area contributed by atoms with Gasteiger partial charge in [-0.05, 0) is 24.6 Å². The summed E-state index contributed by atoms with van der Waals surface area (Å²) in [5.74, 6) is -0.688. The molecule has 5 N–H and O–H groups in total. The number of rotatable bonds is 5. The first-order chi connectivity index (χ1) is 20.8. The summed E-state index contributed by atoms with van der Waals surface area (Å²) in [5.41, 5.74) is 7.73. The highest BCUT2D eigenvalue weighted by molar-refractivity contribution is 6.00. The van der Waals surface area contributed by atoms with Crippen molar-refractivity contribution < 1.29 is 29.0 Å². The summed E-state index contributed by atoms with van der Waals surface area (Å²) in [7, 11) is 1.50. The topological polar surface area (TPSA) is 174 Å². The third kappa shape index (κ3) is 9.15. The van der Waals surface area contributed by atoms with Gasteiger partial charge >= 0.3 is 0 Å². The molecule has 1 aromatic heterocycles. The minimum absolute atomic E-state index is 0. The van der Waals surface area contributed by atoms with Gasteiger partial charge in [-0.1, -0.05) is 41.6 Å². The normalized spacial score (nSPS) is 18.0. The first-order valence-electron chi connectivity index (χ1n) is 14.3. The van der Waals surface area contributed by atoms with E-state index in [1.807, 2.05) is 30.3 Å². The van der Waals surface area contributed by atoms with Crippen LogP contribution >= 0.6 is 12.4 Å². The number of fused-ring (bicyclic) bond motifs is 3. The minimum Gasteiger partial charge on any atom is -0.493 e. The Kier molecular flexibility index (Phi) is 12.9. The third-order valence-electron chi connectivity index (χ3n) is 7.15. The fraction of sp³-hybridized carbons (Fsp3) is 0.433. The Hall–Kier alpha value is -4.20. The van der Waals surface area contributed by atoms with E-state index in [0.29, 0.717) is 30.8 Å². The number of methoxy groups -OCH3 is 1. The van der Waals surface area contributed by atoms with E-state index in [4.69, 9.17) is 15.2 Å². The second-order valence-corrected chi connectivity index (χ2v) is 10.4. The van der Waals surface area contributed by atoms with Crippen LogP contribution in [0.4, 0.5) is 0 Å². The number of amides is 3. The number of para-hydroxylation sites is 1. The Morgan fingerprint density at radius 2 is 1.93 bits per heavy atom. The predicted molar refractivity (Wildman–Crippen MR) is 165 cm³/mol.